The zero-order chi connectivity index (χ0) is 7.40. The first-order chi connectivity index (χ1) is 4.84. The first kappa shape index (κ1) is 7.22. The summed E-state index contributed by atoms with van der Waals surface area (Å²) in [6.45, 7) is 1.66. The second kappa shape index (κ2) is 3.32. The molecule has 0 saturated carbocycles. The van der Waals surface area contributed by atoms with Gasteiger partial charge in [-0.1, -0.05) is 30.3 Å². The van der Waals surface area contributed by atoms with E-state index in [1.807, 2.05) is 30.3 Å². The minimum absolute atomic E-state index is 0.457. The average molecular weight is 140 g/mol. The van der Waals surface area contributed by atoms with Gasteiger partial charge in [0, 0.05) is 0 Å². The largest absolute Gasteiger partial charge is 0.186 e. The molecule has 1 nitrogen and oxygen atoms in total. The van der Waals surface area contributed by atoms with E-state index >= 15 is 0 Å². The number of rotatable bonds is 2. The molecule has 10 heavy (non-hydrogen) atoms. The molecule has 0 fully saturated rings. The lowest BCUT2D eigenvalue weighted by atomic mass is 10.1. The summed E-state index contributed by atoms with van der Waals surface area (Å²) in [5, 5.41) is 0. The average Bonchev–Trinajstić information content (AvgIpc) is 2.05. The third-order valence-corrected chi connectivity index (χ3v) is 1.40. The van der Waals surface area contributed by atoms with Gasteiger partial charge in [-0.25, -0.2) is 0 Å². The van der Waals surface area contributed by atoms with Crippen LogP contribution in [0.15, 0.2) is 30.3 Å². The van der Waals surface area contributed by atoms with E-state index in [2.05, 4.69) is 4.94 Å². The Bertz CT molecular complexity index is 186. The van der Waals surface area contributed by atoms with Crippen LogP contribution in [0.1, 0.15) is 18.6 Å². The van der Waals surface area contributed by atoms with Gasteiger partial charge in [0.05, 0.1) is 0 Å². The van der Waals surface area contributed by atoms with Crippen LogP contribution in [0.25, 0.3) is 0 Å². The van der Waals surface area contributed by atoms with E-state index in [0.717, 1.165) is 5.56 Å². The molecule has 0 spiro atoms. The highest BCUT2D eigenvalue weighted by atomic mass is 19.3. The molecule has 54 valence electrons. The van der Waals surface area contributed by atoms with Crippen LogP contribution in [0.4, 0.5) is 4.53 Å². The second-order valence-corrected chi connectivity index (χ2v) is 2.14. The van der Waals surface area contributed by atoms with Gasteiger partial charge in [0.15, 0.2) is 0 Å². The fraction of sp³-hybridized carbons (Fsp3) is 0.250. The highest BCUT2D eigenvalue weighted by molar-refractivity contribution is 5.16. The predicted molar refractivity (Wildman–Crippen MR) is 37.1 cm³/mol. The molecule has 0 heterocycles. The highest BCUT2D eigenvalue weighted by Crippen LogP contribution is 2.15. The van der Waals surface area contributed by atoms with E-state index in [4.69, 9.17) is 0 Å². The Morgan fingerprint density at radius 1 is 1.30 bits per heavy atom. The van der Waals surface area contributed by atoms with Gasteiger partial charge < -0.3 is 0 Å². The Morgan fingerprint density at radius 2 is 1.90 bits per heavy atom. The predicted octanol–water partition coefficient (Wildman–Crippen LogP) is 2.65. The van der Waals surface area contributed by atoms with Crippen molar-refractivity contribution < 1.29 is 9.47 Å². The van der Waals surface area contributed by atoms with Gasteiger partial charge in [0.2, 0.25) is 0 Å². The van der Waals surface area contributed by atoms with Gasteiger partial charge in [-0.15, -0.1) is 0 Å². The molecule has 2 heteroatoms. The van der Waals surface area contributed by atoms with E-state index in [1.165, 1.54) is 0 Å². The molecular formula is C8H9FO. The van der Waals surface area contributed by atoms with Crippen LogP contribution in [0.3, 0.4) is 0 Å². The summed E-state index contributed by atoms with van der Waals surface area (Å²) in [6, 6.07) is 9.23. The highest BCUT2D eigenvalue weighted by Gasteiger charge is 2.02. The van der Waals surface area contributed by atoms with Crippen molar-refractivity contribution >= 4 is 0 Å². The quantitative estimate of drug-likeness (QED) is 0.613. The lowest BCUT2D eigenvalue weighted by molar-refractivity contribution is -0.175. The molecule has 0 aliphatic rings. The Balaban J connectivity index is 2.75. The van der Waals surface area contributed by atoms with Gasteiger partial charge in [-0.2, -0.15) is 4.94 Å². The molecule has 1 unspecified atom stereocenters. The summed E-state index contributed by atoms with van der Waals surface area (Å²) < 4.78 is 11.6. The molecule has 1 aromatic carbocycles. The molecule has 1 rings (SSSR count). The zero-order valence-electron chi connectivity index (χ0n) is 5.75. The number of benzene rings is 1. The van der Waals surface area contributed by atoms with Crippen molar-refractivity contribution in [2.75, 3.05) is 0 Å². The van der Waals surface area contributed by atoms with E-state index in [0.29, 0.717) is 0 Å². The number of hydrogen-bond acceptors (Lipinski definition) is 1. The topological polar surface area (TPSA) is 9.23 Å². The third-order valence-electron chi connectivity index (χ3n) is 1.40. The van der Waals surface area contributed by atoms with Gasteiger partial charge in [-0.05, 0) is 17.0 Å². The summed E-state index contributed by atoms with van der Waals surface area (Å²) in [5.74, 6) is 0. The van der Waals surface area contributed by atoms with Crippen molar-refractivity contribution in [1.29, 1.82) is 0 Å². The second-order valence-electron chi connectivity index (χ2n) is 2.14. The van der Waals surface area contributed by atoms with Gasteiger partial charge in [0.25, 0.3) is 0 Å². The Morgan fingerprint density at radius 3 is 2.40 bits per heavy atom. The van der Waals surface area contributed by atoms with Crippen LogP contribution in [0, 0.1) is 0 Å². The minimum Gasteiger partial charge on any atom is -0.186 e. The van der Waals surface area contributed by atoms with Crippen LogP contribution >= 0.6 is 0 Å². The van der Waals surface area contributed by atoms with Gasteiger partial charge in [0.1, 0.15) is 6.10 Å². The standard InChI is InChI=1S/C8H9FO/c1-7(10-9)8-5-3-2-4-6-8/h2-7H,1H3. The number of halogens is 1. The minimum atomic E-state index is -0.457. The summed E-state index contributed by atoms with van der Waals surface area (Å²) >= 11 is 0. The van der Waals surface area contributed by atoms with Gasteiger partial charge >= 0.3 is 0 Å². The zero-order valence-corrected chi connectivity index (χ0v) is 5.75. The molecule has 0 aromatic heterocycles. The maximum Gasteiger partial charge on any atom is 0.120 e. The molecular weight excluding hydrogens is 131 g/mol. The SMILES string of the molecule is CC(OF)c1ccccc1. The van der Waals surface area contributed by atoms with E-state index in [-0.39, 0.29) is 0 Å². The lowest BCUT2D eigenvalue weighted by Gasteiger charge is -2.03. The Hall–Kier alpha value is -0.890. The molecule has 1 atom stereocenters. The third kappa shape index (κ3) is 1.54. The van der Waals surface area contributed by atoms with Crippen molar-refractivity contribution in [3.63, 3.8) is 0 Å². The molecule has 0 radical (unpaired) electrons. The Labute approximate surface area is 59.3 Å². The number of hydrogen-bond donors (Lipinski definition) is 0. The summed E-state index contributed by atoms with van der Waals surface area (Å²) in [7, 11) is 0. The van der Waals surface area contributed by atoms with E-state index in [9.17, 15) is 4.53 Å². The smallest absolute Gasteiger partial charge is 0.120 e. The first-order valence-electron chi connectivity index (χ1n) is 3.17. The summed E-state index contributed by atoms with van der Waals surface area (Å²) in [6.07, 6.45) is -0.457. The first-order valence-corrected chi connectivity index (χ1v) is 3.17. The monoisotopic (exact) mass is 140 g/mol. The maximum atomic E-state index is 11.6. The molecule has 0 aliphatic carbocycles. The van der Waals surface area contributed by atoms with Crippen LogP contribution in [0.2, 0.25) is 0 Å². The van der Waals surface area contributed by atoms with Crippen molar-refractivity contribution in [3.05, 3.63) is 35.9 Å². The molecule has 1 aromatic rings. The molecule has 0 bridgehead atoms. The Kier molecular flexibility index (Phi) is 2.40. The van der Waals surface area contributed by atoms with Crippen LogP contribution in [0.5, 0.6) is 0 Å². The summed E-state index contributed by atoms with van der Waals surface area (Å²) in [5.41, 5.74) is 0.852. The fourth-order valence-electron chi connectivity index (χ4n) is 0.775. The maximum absolute atomic E-state index is 11.6. The van der Waals surface area contributed by atoms with Gasteiger partial charge in [-0.3, -0.25) is 0 Å². The van der Waals surface area contributed by atoms with Crippen molar-refractivity contribution in [2.45, 2.75) is 13.0 Å². The fourth-order valence-corrected chi connectivity index (χ4v) is 0.775. The molecule has 0 amide bonds. The molecule has 0 saturated heterocycles. The van der Waals surface area contributed by atoms with Crippen molar-refractivity contribution in [3.8, 4) is 0 Å². The van der Waals surface area contributed by atoms with E-state index < -0.39 is 6.10 Å². The van der Waals surface area contributed by atoms with Crippen molar-refractivity contribution in [2.24, 2.45) is 0 Å². The van der Waals surface area contributed by atoms with Crippen LogP contribution in [-0.4, -0.2) is 0 Å². The van der Waals surface area contributed by atoms with E-state index in [1.54, 1.807) is 6.92 Å². The summed E-state index contributed by atoms with van der Waals surface area (Å²) in [4.78, 5) is 3.64. The molecule has 0 aliphatic heterocycles. The van der Waals surface area contributed by atoms with Crippen LogP contribution in [-0.2, 0) is 4.94 Å². The molecule has 0 N–H and O–H groups in total. The lowest BCUT2D eigenvalue weighted by Crippen LogP contribution is -1.91. The normalized spacial score (nSPS) is 13.0. The van der Waals surface area contributed by atoms with Crippen molar-refractivity contribution in [1.82, 2.24) is 0 Å². The van der Waals surface area contributed by atoms with Crippen LogP contribution < -0.4 is 0 Å².